The van der Waals surface area contributed by atoms with Crippen LogP contribution in [0.15, 0.2) is 71.3 Å². The molecule has 0 radical (unpaired) electrons. The number of benzene rings is 2. The first-order chi connectivity index (χ1) is 11.7. The third-order valence-corrected chi connectivity index (χ3v) is 3.66. The smallest absolute Gasteiger partial charge is 0.287 e. The summed E-state index contributed by atoms with van der Waals surface area (Å²) in [5, 5.41) is 2.87. The zero-order valence-electron chi connectivity index (χ0n) is 13.5. The first kappa shape index (κ1) is 15.9. The predicted octanol–water partition coefficient (Wildman–Crippen LogP) is 4.10. The fraction of sp³-hybridized carbons (Fsp3) is 0.150. The van der Waals surface area contributed by atoms with Crippen molar-refractivity contribution in [2.75, 3.05) is 0 Å². The molecular formula is C20H19NO3. The number of ether oxygens (including phenoxy) is 1. The van der Waals surface area contributed by atoms with Crippen molar-refractivity contribution >= 4 is 5.91 Å². The average Bonchev–Trinajstić information content (AvgIpc) is 3.09. The largest absolute Gasteiger partial charge is 0.489 e. The Kier molecular flexibility index (Phi) is 4.96. The van der Waals surface area contributed by atoms with Gasteiger partial charge in [0.05, 0.1) is 6.26 Å². The number of furan rings is 1. The maximum Gasteiger partial charge on any atom is 0.287 e. The monoisotopic (exact) mass is 321 g/mol. The van der Waals surface area contributed by atoms with Crippen molar-refractivity contribution in [1.82, 2.24) is 5.32 Å². The molecular weight excluding hydrogens is 302 g/mol. The molecule has 1 heterocycles. The Bertz CT molecular complexity index is 791. The Morgan fingerprint density at radius 3 is 2.54 bits per heavy atom. The van der Waals surface area contributed by atoms with Crippen LogP contribution in [-0.4, -0.2) is 5.91 Å². The number of hydrogen-bond donors (Lipinski definition) is 1. The van der Waals surface area contributed by atoms with E-state index >= 15 is 0 Å². The third kappa shape index (κ3) is 4.04. The lowest BCUT2D eigenvalue weighted by Gasteiger charge is -2.07. The van der Waals surface area contributed by atoms with E-state index in [0.29, 0.717) is 6.54 Å². The van der Waals surface area contributed by atoms with E-state index in [0.717, 1.165) is 16.9 Å². The van der Waals surface area contributed by atoms with Crippen LogP contribution in [0, 0.1) is 6.92 Å². The summed E-state index contributed by atoms with van der Waals surface area (Å²) in [6.45, 7) is 2.77. The Labute approximate surface area is 141 Å². The summed E-state index contributed by atoms with van der Waals surface area (Å²) in [4.78, 5) is 12.3. The van der Waals surface area contributed by atoms with Crippen LogP contribution in [0.3, 0.4) is 0 Å². The third-order valence-electron chi connectivity index (χ3n) is 3.66. The molecule has 0 aliphatic carbocycles. The van der Waals surface area contributed by atoms with E-state index in [1.807, 2.05) is 61.5 Å². The number of nitrogens with one attached hydrogen (secondary N) is 1. The van der Waals surface area contributed by atoms with Crippen molar-refractivity contribution < 1.29 is 13.9 Å². The topological polar surface area (TPSA) is 51.5 Å². The molecule has 1 aromatic heterocycles. The molecule has 0 aliphatic rings. The first-order valence-corrected chi connectivity index (χ1v) is 7.80. The van der Waals surface area contributed by atoms with E-state index in [9.17, 15) is 4.79 Å². The molecule has 4 nitrogen and oxygen atoms in total. The maximum atomic E-state index is 12.3. The van der Waals surface area contributed by atoms with Gasteiger partial charge in [-0.1, -0.05) is 48.0 Å². The molecule has 3 aromatic rings. The van der Waals surface area contributed by atoms with Gasteiger partial charge in [0.25, 0.3) is 5.91 Å². The van der Waals surface area contributed by atoms with E-state index in [-0.39, 0.29) is 18.3 Å². The van der Waals surface area contributed by atoms with Crippen molar-refractivity contribution in [3.63, 3.8) is 0 Å². The van der Waals surface area contributed by atoms with Crippen LogP contribution in [0.1, 0.15) is 27.2 Å². The lowest BCUT2D eigenvalue weighted by molar-refractivity contribution is 0.0919. The van der Waals surface area contributed by atoms with Gasteiger partial charge in [-0.05, 0) is 30.7 Å². The van der Waals surface area contributed by atoms with Gasteiger partial charge < -0.3 is 14.5 Å². The van der Waals surface area contributed by atoms with Crippen LogP contribution >= 0.6 is 0 Å². The summed E-state index contributed by atoms with van der Waals surface area (Å²) in [7, 11) is 0. The Hall–Kier alpha value is -3.01. The van der Waals surface area contributed by atoms with Gasteiger partial charge in [0.2, 0.25) is 0 Å². The van der Waals surface area contributed by atoms with Gasteiger partial charge in [0.1, 0.15) is 12.4 Å². The van der Waals surface area contributed by atoms with E-state index in [1.165, 1.54) is 11.8 Å². The zero-order valence-corrected chi connectivity index (χ0v) is 13.5. The molecule has 0 saturated carbocycles. The maximum absolute atomic E-state index is 12.3. The van der Waals surface area contributed by atoms with Crippen molar-refractivity contribution in [3.8, 4) is 5.75 Å². The van der Waals surface area contributed by atoms with Crippen LogP contribution in [-0.2, 0) is 13.2 Å². The van der Waals surface area contributed by atoms with Crippen LogP contribution < -0.4 is 10.1 Å². The highest BCUT2D eigenvalue weighted by atomic mass is 16.5. The van der Waals surface area contributed by atoms with Gasteiger partial charge in [-0.3, -0.25) is 4.79 Å². The second-order valence-corrected chi connectivity index (χ2v) is 5.54. The number of carbonyl (C=O) groups is 1. The predicted molar refractivity (Wildman–Crippen MR) is 91.8 cm³/mol. The average molecular weight is 321 g/mol. The van der Waals surface area contributed by atoms with Crippen molar-refractivity contribution in [1.29, 1.82) is 0 Å². The number of para-hydroxylation sites is 1. The second kappa shape index (κ2) is 7.51. The highest BCUT2D eigenvalue weighted by Gasteiger charge is 2.15. The van der Waals surface area contributed by atoms with Gasteiger partial charge >= 0.3 is 0 Å². The Balaban J connectivity index is 1.59. The summed E-state index contributed by atoms with van der Waals surface area (Å²) < 4.78 is 11.0. The standard InChI is InChI=1S/C20H19NO3/c1-15-7-9-16(10-8-15)13-21-20(22)19-17(11-12-23-19)14-24-18-5-3-2-4-6-18/h2-12H,13-14H2,1H3,(H,21,22). The molecule has 122 valence electrons. The summed E-state index contributed by atoms with van der Waals surface area (Å²) in [6.07, 6.45) is 1.50. The minimum absolute atomic E-state index is 0.243. The van der Waals surface area contributed by atoms with Gasteiger partial charge in [0, 0.05) is 12.1 Å². The zero-order chi connectivity index (χ0) is 16.8. The molecule has 0 unspecified atom stereocenters. The normalized spacial score (nSPS) is 10.4. The van der Waals surface area contributed by atoms with Crippen molar-refractivity contribution in [2.24, 2.45) is 0 Å². The number of hydrogen-bond acceptors (Lipinski definition) is 3. The molecule has 4 heteroatoms. The Morgan fingerprint density at radius 2 is 1.79 bits per heavy atom. The lowest BCUT2D eigenvalue weighted by atomic mass is 10.1. The first-order valence-electron chi connectivity index (χ1n) is 7.80. The fourth-order valence-corrected chi connectivity index (χ4v) is 2.29. The molecule has 3 rings (SSSR count). The molecule has 0 atom stereocenters. The lowest BCUT2D eigenvalue weighted by Crippen LogP contribution is -2.23. The second-order valence-electron chi connectivity index (χ2n) is 5.54. The number of aryl methyl sites for hydroxylation is 1. The van der Waals surface area contributed by atoms with E-state index < -0.39 is 0 Å². The highest BCUT2D eigenvalue weighted by molar-refractivity contribution is 5.92. The molecule has 1 N–H and O–H groups in total. The Morgan fingerprint density at radius 1 is 1.04 bits per heavy atom. The molecule has 0 bridgehead atoms. The summed E-state index contributed by atoms with van der Waals surface area (Å²) in [6, 6.07) is 19.3. The molecule has 0 fully saturated rings. The van der Waals surface area contributed by atoms with Crippen molar-refractivity contribution in [3.05, 3.63) is 89.4 Å². The number of amides is 1. The SMILES string of the molecule is Cc1ccc(CNC(=O)c2occc2COc2ccccc2)cc1. The van der Waals surface area contributed by atoms with Crippen LogP contribution in [0.25, 0.3) is 0 Å². The minimum Gasteiger partial charge on any atom is -0.489 e. The number of carbonyl (C=O) groups excluding carboxylic acids is 1. The van der Waals surface area contributed by atoms with Gasteiger partial charge in [-0.25, -0.2) is 0 Å². The molecule has 1 amide bonds. The summed E-state index contributed by atoms with van der Waals surface area (Å²) >= 11 is 0. The van der Waals surface area contributed by atoms with Crippen LogP contribution in [0.2, 0.25) is 0 Å². The molecule has 0 aliphatic heterocycles. The molecule has 0 saturated heterocycles. The molecule has 0 spiro atoms. The summed E-state index contributed by atoms with van der Waals surface area (Å²) in [5.41, 5.74) is 2.96. The van der Waals surface area contributed by atoms with E-state index in [2.05, 4.69) is 5.32 Å². The quantitative estimate of drug-likeness (QED) is 0.744. The summed E-state index contributed by atoms with van der Waals surface area (Å²) in [5.74, 6) is 0.801. The van der Waals surface area contributed by atoms with Crippen molar-refractivity contribution in [2.45, 2.75) is 20.1 Å². The van der Waals surface area contributed by atoms with Crippen LogP contribution in [0.4, 0.5) is 0 Å². The fourth-order valence-electron chi connectivity index (χ4n) is 2.29. The van der Waals surface area contributed by atoms with E-state index in [4.69, 9.17) is 9.15 Å². The van der Waals surface area contributed by atoms with Gasteiger partial charge in [-0.2, -0.15) is 0 Å². The van der Waals surface area contributed by atoms with Crippen LogP contribution in [0.5, 0.6) is 5.75 Å². The number of rotatable bonds is 6. The molecule has 2 aromatic carbocycles. The molecule has 24 heavy (non-hydrogen) atoms. The van der Waals surface area contributed by atoms with Gasteiger partial charge in [-0.15, -0.1) is 0 Å². The van der Waals surface area contributed by atoms with Gasteiger partial charge in [0.15, 0.2) is 5.76 Å². The van der Waals surface area contributed by atoms with E-state index in [1.54, 1.807) is 6.07 Å². The minimum atomic E-state index is -0.243. The highest BCUT2D eigenvalue weighted by Crippen LogP contribution is 2.16.